The van der Waals surface area contributed by atoms with Crippen molar-refractivity contribution in [2.75, 3.05) is 38.2 Å². The smallest absolute Gasteiger partial charge is 0.209 e. The van der Waals surface area contributed by atoms with Gasteiger partial charge in [-0.05, 0) is 32.4 Å². The number of rotatable bonds is 5. The average Bonchev–Trinajstić information content (AvgIpc) is 3.34. The molecule has 2 fully saturated rings. The Kier molecular flexibility index (Phi) is 4.28. The number of likely N-dealkylation sites (tertiary alicyclic amines) is 1. The molecule has 0 spiro atoms. The lowest BCUT2D eigenvalue weighted by atomic mass is 10.2. The molecule has 8 heteroatoms. The van der Waals surface area contributed by atoms with E-state index < -0.39 is 0 Å². The number of ether oxygens (including phenoxy) is 1. The first-order chi connectivity index (χ1) is 11.3. The fraction of sp³-hybridized carbons (Fsp3) is 0.667. The molecule has 124 valence electrons. The van der Waals surface area contributed by atoms with Crippen LogP contribution in [0.25, 0.3) is 10.7 Å². The van der Waals surface area contributed by atoms with Crippen LogP contribution in [0.2, 0.25) is 0 Å². The van der Waals surface area contributed by atoms with Crippen LogP contribution in [0, 0.1) is 0 Å². The molecule has 2 aromatic rings. The summed E-state index contributed by atoms with van der Waals surface area (Å²) in [7, 11) is 1.79. The minimum atomic E-state index is 0.266. The predicted molar refractivity (Wildman–Crippen MR) is 87.6 cm³/mol. The van der Waals surface area contributed by atoms with E-state index in [1.165, 1.54) is 25.9 Å². The normalized spacial score (nSPS) is 25.5. The van der Waals surface area contributed by atoms with Crippen molar-refractivity contribution in [3.05, 3.63) is 12.3 Å². The van der Waals surface area contributed by atoms with Crippen molar-refractivity contribution < 1.29 is 9.26 Å². The highest BCUT2D eigenvalue weighted by molar-refractivity contribution is 7.18. The fourth-order valence-electron chi connectivity index (χ4n) is 3.47. The van der Waals surface area contributed by atoms with E-state index in [2.05, 4.69) is 25.2 Å². The first-order valence-corrected chi connectivity index (χ1v) is 8.91. The average molecular weight is 335 g/mol. The largest absolute Gasteiger partial charge is 0.380 e. The van der Waals surface area contributed by atoms with Gasteiger partial charge in [-0.15, -0.1) is 10.2 Å². The number of hydrogen-bond donors (Lipinski definition) is 0. The molecule has 7 nitrogen and oxygen atoms in total. The van der Waals surface area contributed by atoms with E-state index in [9.17, 15) is 0 Å². The molecule has 2 saturated heterocycles. The summed E-state index contributed by atoms with van der Waals surface area (Å²) in [5.41, 5.74) is 0.743. The monoisotopic (exact) mass is 335 g/mol. The Hall–Kier alpha value is -1.51. The Morgan fingerprint density at radius 1 is 1.35 bits per heavy atom. The molecule has 4 rings (SSSR count). The molecule has 0 unspecified atom stereocenters. The van der Waals surface area contributed by atoms with Crippen LogP contribution in [0.15, 0.2) is 16.9 Å². The summed E-state index contributed by atoms with van der Waals surface area (Å²) < 4.78 is 10.5. The van der Waals surface area contributed by atoms with Crippen LogP contribution in [-0.2, 0) is 4.74 Å². The maximum atomic E-state index is 5.61. The van der Waals surface area contributed by atoms with Gasteiger partial charge >= 0.3 is 0 Å². The number of anilines is 1. The molecule has 0 radical (unpaired) electrons. The van der Waals surface area contributed by atoms with Crippen LogP contribution in [0.5, 0.6) is 0 Å². The molecule has 23 heavy (non-hydrogen) atoms. The fourth-order valence-corrected chi connectivity index (χ4v) is 4.36. The van der Waals surface area contributed by atoms with Crippen LogP contribution in [0.4, 0.5) is 5.13 Å². The molecular weight excluding hydrogens is 314 g/mol. The number of nitrogens with zero attached hydrogens (tertiary/aromatic N) is 5. The lowest BCUT2D eigenvalue weighted by molar-refractivity contribution is 0.116. The number of hydrogen-bond acceptors (Lipinski definition) is 8. The standard InChI is InChI=1S/C15H21N5O2S/c1-21-12-8-11(9-19-5-2-3-6-19)20(10-12)15-17-16-14(23-15)13-4-7-22-18-13/h4,7,11-12H,2-3,5-6,8-10H2,1H3/t11-,12-/m0/s1. The molecule has 2 atom stereocenters. The van der Waals surface area contributed by atoms with Gasteiger partial charge in [0.25, 0.3) is 0 Å². The highest BCUT2D eigenvalue weighted by Gasteiger charge is 2.35. The van der Waals surface area contributed by atoms with E-state index in [1.807, 2.05) is 6.07 Å². The topological polar surface area (TPSA) is 67.5 Å². The van der Waals surface area contributed by atoms with E-state index in [4.69, 9.17) is 9.26 Å². The van der Waals surface area contributed by atoms with Crippen LogP contribution in [0.3, 0.4) is 0 Å². The van der Waals surface area contributed by atoms with Crippen molar-refractivity contribution in [2.45, 2.75) is 31.4 Å². The van der Waals surface area contributed by atoms with Crippen LogP contribution in [0.1, 0.15) is 19.3 Å². The van der Waals surface area contributed by atoms with Gasteiger partial charge in [0.1, 0.15) is 12.0 Å². The molecule has 0 saturated carbocycles. The van der Waals surface area contributed by atoms with E-state index in [0.717, 1.165) is 35.3 Å². The molecule has 2 aromatic heterocycles. The molecule has 0 aliphatic carbocycles. The van der Waals surface area contributed by atoms with Gasteiger partial charge in [0.15, 0.2) is 5.01 Å². The Morgan fingerprint density at radius 3 is 2.96 bits per heavy atom. The van der Waals surface area contributed by atoms with Gasteiger partial charge in [-0.3, -0.25) is 0 Å². The van der Waals surface area contributed by atoms with Crippen molar-refractivity contribution in [3.63, 3.8) is 0 Å². The van der Waals surface area contributed by atoms with Crippen molar-refractivity contribution in [2.24, 2.45) is 0 Å². The second-order valence-corrected chi connectivity index (χ2v) is 7.14. The summed E-state index contributed by atoms with van der Waals surface area (Å²) in [6, 6.07) is 2.25. The Bertz CT molecular complexity index is 626. The summed E-state index contributed by atoms with van der Waals surface area (Å²) in [5, 5.41) is 14.3. The molecule has 0 bridgehead atoms. The SMILES string of the molecule is CO[C@H]1C[C@@H](CN2CCCC2)N(c2nnc(-c3ccon3)s2)C1. The maximum Gasteiger partial charge on any atom is 0.209 e. The summed E-state index contributed by atoms with van der Waals surface area (Å²) in [5.74, 6) is 0. The molecule has 0 aromatic carbocycles. The van der Waals surface area contributed by atoms with Crippen molar-refractivity contribution in [3.8, 4) is 10.7 Å². The zero-order chi connectivity index (χ0) is 15.6. The quantitative estimate of drug-likeness (QED) is 0.826. The molecule has 0 amide bonds. The minimum absolute atomic E-state index is 0.266. The minimum Gasteiger partial charge on any atom is -0.380 e. The first-order valence-electron chi connectivity index (χ1n) is 8.09. The molecular formula is C15H21N5O2S. The van der Waals surface area contributed by atoms with Gasteiger partial charge in [0, 0.05) is 32.3 Å². The highest BCUT2D eigenvalue weighted by atomic mass is 32.1. The Morgan fingerprint density at radius 2 is 2.22 bits per heavy atom. The van der Waals surface area contributed by atoms with Gasteiger partial charge in [0.2, 0.25) is 5.13 Å². The Balaban J connectivity index is 1.52. The van der Waals surface area contributed by atoms with Gasteiger partial charge in [-0.2, -0.15) is 0 Å². The number of aromatic nitrogens is 3. The number of methoxy groups -OCH3 is 1. The van der Waals surface area contributed by atoms with E-state index in [0.29, 0.717) is 6.04 Å². The first kappa shape index (κ1) is 15.0. The van der Waals surface area contributed by atoms with Gasteiger partial charge in [-0.25, -0.2) is 0 Å². The summed E-state index contributed by atoms with van der Waals surface area (Å²) >= 11 is 1.57. The third-order valence-corrected chi connectivity index (χ3v) is 5.68. The van der Waals surface area contributed by atoms with Crippen molar-refractivity contribution in [1.82, 2.24) is 20.3 Å². The molecule has 0 N–H and O–H groups in total. The molecule has 2 aliphatic heterocycles. The lowest BCUT2D eigenvalue weighted by Gasteiger charge is -2.27. The van der Waals surface area contributed by atoms with Crippen LogP contribution >= 0.6 is 11.3 Å². The van der Waals surface area contributed by atoms with Gasteiger partial charge in [0.05, 0.1) is 6.10 Å². The zero-order valence-corrected chi connectivity index (χ0v) is 14.0. The van der Waals surface area contributed by atoms with E-state index in [-0.39, 0.29) is 6.10 Å². The second-order valence-electron chi connectivity index (χ2n) is 6.18. The van der Waals surface area contributed by atoms with Gasteiger partial charge < -0.3 is 19.1 Å². The predicted octanol–water partition coefficient (Wildman–Crippen LogP) is 1.88. The summed E-state index contributed by atoms with van der Waals surface area (Å²) in [4.78, 5) is 4.91. The second kappa shape index (κ2) is 6.54. The highest BCUT2D eigenvalue weighted by Crippen LogP contribution is 2.33. The third kappa shape index (κ3) is 3.11. The van der Waals surface area contributed by atoms with E-state index >= 15 is 0 Å². The van der Waals surface area contributed by atoms with Gasteiger partial charge in [-0.1, -0.05) is 16.5 Å². The van der Waals surface area contributed by atoms with Crippen molar-refractivity contribution in [1.29, 1.82) is 0 Å². The molecule has 2 aliphatic rings. The lowest BCUT2D eigenvalue weighted by Crippen LogP contribution is -2.39. The van der Waals surface area contributed by atoms with Crippen molar-refractivity contribution >= 4 is 16.5 Å². The Labute approximate surface area is 139 Å². The maximum absolute atomic E-state index is 5.61. The zero-order valence-electron chi connectivity index (χ0n) is 13.2. The van der Waals surface area contributed by atoms with E-state index in [1.54, 1.807) is 24.7 Å². The summed E-state index contributed by atoms with van der Waals surface area (Å²) in [6.07, 6.45) is 5.50. The summed E-state index contributed by atoms with van der Waals surface area (Å²) in [6.45, 7) is 4.38. The molecule has 4 heterocycles. The van der Waals surface area contributed by atoms with Crippen LogP contribution < -0.4 is 4.90 Å². The third-order valence-electron chi connectivity index (χ3n) is 4.69. The van der Waals surface area contributed by atoms with Crippen LogP contribution in [-0.4, -0.2) is 65.7 Å².